The molecule has 0 aromatic heterocycles. The van der Waals surface area contributed by atoms with Gasteiger partial charge in [0.25, 0.3) is 0 Å². The molecule has 11 heavy (non-hydrogen) atoms. The van der Waals surface area contributed by atoms with Gasteiger partial charge in [0, 0.05) is 6.61 Å². The van der Waals surface area contributed by atoms with Crippen LogP contribution in [0.1, 0.15) is 51.9 Å². The van der Waals surface area contributed by atoms with Crippen LogP contribution in [0.3, 0.4) is 0 Å². The van der Waals surface area contributed by atoms with E-state index in [-0.39, 0.29) is 0 Å². The van der Waals surface area contributed by atoms with Crippen LogP contribution in [0.15, 0.2) is 0 Å². The van der Waals surface area contributed by atoms with E-state index in [2.05, 4.69) is 6.92 Å². The van der Waals surface area contributed by atoms with Gasteiger partial charge in [-0.2, -0.15) is 0 Å². The molecule has 1 heterocycles. The van der Waals surface area contributed by atoms with Gasteiger partial charge < -0.3 is 4.74 Å². The molecule has 0 spiro atoms. The maximum absolute atomic E-state index is 5.53. The van der Waals surface area contributed by atoms with Crippen molar-refractivity contribution in [3.8, 4) is 0 Å². The van der Waals surface area contributed by atoms with E-state index in [0.29, 0.717) is 6.10 Å². The van der Waals surface area contributed by atoms with E-state index in [9.17, 15) is 0 Å². The minimum Gasteiger partial charge on any atom is -0.378 e. The normalized spacial score (nSPS) is 24.3. The summed E-state index contributed by atoms with van der Waals surface area (Å²) >= 11 is 0. The molecule has 0 aromatic carbocycles. The summed E-state index contributed by atoms with van der Waals surface area (Å²) in [6, 6.07) is 0. The van der Waals surface area contributed by atoms with Crippen molar-refractivity contribution in [2.75, 3.05) is 6.61 Å². The maximum Gasteiger partial charge on any atom is 0.0576 e. The molecule has 1 saturated heterocycles. The molecule has 1 unspecified atom stereocenters. The lowest BCUT2D eigenvalue weighted by Crippen LogP contribution is -2.03. The van der Waals surface area contributed by atoms with Crippen molar-refractivity contribution >= 4 is 0 Å². The molecule has 0 aliphatic carbocycles. The van der Waals surface area contributed by atoms with Gasteiger partial charge in [-0.05, 0) is 19.3 Å². The van der Waals surface area contributed by atoms with Crippen LogP contribution in [0.25, 0.3) is 0 Å². The predicted octanol–water partition coefficient (Wildman–Crippen LogP) is 3.14. The van der Waals surface area contributed by atoms with Gasteiger partial charge in [0.1, 0.15) is 0 Å². The Balaban J connectivity index is 1.86. The van der Waals surface area contributed by atoms with E-state index in [4.69, 9.17) is 4.74 Å². The largest absolute Gasteiger partial charge is 0.378 e. The number of hydrogen-bond donors (Lipinski definition) is 0. The Morgan fingerprint density at radius 1 is 1.27 bits per heavy atom. The topological polar surface area (TPSA) is 9.23 Å². The summed E-state index contributed by atoms with van der Waals surface area (Å²) in [5, 5.41) is 0. The Morgan fingerprint density at radius 3 is 2.82 bits per heavy atom. The van der Waals surface area contributed by atoms with Crippen LogP contribution in [-0.2, 0) is 4.74 Å². The number of unbranched alkanes of at least 4 members (excludes halogenated alkanes) is 3. The molecule has 0 saturated carbocycles. The highest BCUT2D eigenvalue weighted by Crippen LogP contribution is 2.18. The van der Waals surface area contributed by atoms with Gasteiger partial charge in [0.15, 0.2) is 0 Å². The molecule has 1 aliphatic rings. The Labute approximate surface area is 70.1 Å². The first-order valence-electron chi connectivity index (χ1n) is 5.05. The molecule has 1 atom stereocenters. The molecule has 1 fully saturated rings. The van der Waals surface area contributed by atoms with Crippen LogP contribution in [-0.4, -0.2) is 12.7 Å². The number of ether oxygens (including phenoxy) is 1. The van der Waals surface area contributed by atoms with Crippen LogP contribution in [0.5, 0.6) is 0 Å². The molecule has 0 N–H and O–H groups in total. The van der Waals surface area contributed by atoms with Gasteiger partial charge in [-0.15, -0.1) is 0 Å². The zero-order valence-corrected chi connectivity index (χ0v) is 7.64. The first-order chi connectivity index (χ1) is 5.43. The highest BCUT2D eigenvalue weighted by molar-refractivity contribution is 4.64. The molecule has 1 nitrogen and oxygen atoms in total. The van der Waals surface area contributed by atoms with Crippen molar-refractivity contribution in [2.45, 2.75) is 58.0 Å². The summed E-state index contributed by atoms with van der Waals surface area (Å²) < 4.78 is 5.53. The van der Waals surface area contributed by atoms with E-state index >= 15 is 0 Å². The summed E-state index contributed by atoms with van der Waals surface area (Å²) in [6.45, 7) is 3.27. The van der Waals surface area contributed by atoms with Gasteiger partial charge >= 0.3 is 0 Å². The van der Waals surface area contributed by atoms with Crippen molar-refractivity contribution in [3.05, 3.63) is 0 Å². The van der Waals surface area contributed by atoms with Gasteiger partial charge in [-0.3, -0.25) is 0 Å². The first kappa shape index (κ1) is 9.05. The average Bonchev–Trinajstić information content (AvgIpc) is 2.50. The van der Waals surface area contributed by atoms with Crippen LogP contribution >= 0.6 is 0 Å². The molecule has 0 bridgehead atoms. The van der Waals surface area contributed by atoms with E-state index in [1.165, 1.54) is 44.9 Å². The smallest absolute Gasteiger partial charge is 0.0576 e. The molecular weight excluding hydrogens is 136 g/mol. The Kier molecular flexibility index (Phi) is 4.60. The van der Waals surface area contributed by atoms with E-state index in [0.717, 1.165) is 6.61 Å². The number of hydrogen-bond acceptors (Lipinski definition) is 1. The Bertz CT molecular complexity index is 84.9. The van der Waals surface area contributed by atoms with Gasteiger partial charge in [-0.1, -0.05) is 32.6 Å². The minimum absolute atomic E-state index is 0.617. The highest BCUT2D eigenvalue weighted by atomic mass is 16.5. The molecule has 1 heteroatoms. The van der Waals surface area contributed by atoms with Gasteiger partial charge in [0.2, 0.25) is 0 Å². The molecule has 0 aromatic rings. The molecule has 1 rings (SSSR count). The summed E-state index contributed by atoms with van der Waals surface area (Å²) in [6.07, 6.45) is 10.0. The van der Waals surface area contributed by atoms with E-state index < -0.39 is 0 Å². The quantitative estimate of drug-likeness (QED) is 0.556. The van der Waals surface area contributed by atoms with Gasteiger partial charge in [0.05, 0.1) is 6.10 Å². The van der Waals surface area contributed by atoms with Crippen molar-refractivity contribution < 1.29 is 4.74 Å². The second kappa shape index (κ2) is 5.59. The molecular formula is C10H20O. The lowest BCUT2D eigenvalue weighted by molar-refractivity contribution is 0.102. The average molecular weight is 156 g/mol. The Morgan fingerprint density at radius 2 is 2.18 bits per heavy atom. The lowest BCUT2D eigenvalue weighted by atomic mass is 10.1. The van der Waals surface area contributed by atoms with E-state index in [1.54, 1.807) is 0 Å². The molecule has 1 aliphatic heterocycles. The zero-order valence-electron chi connectivity index (χ0n) is 7.64. The van der Waals surface area contributed by atoms with Crippen LogP contribution in [0.2, 0.25) is 0 Å². The second-order valence-electron chi connectivity index (χ2n) is 3.48. The minimum atomic E-state index is 0.617. The fourth-order valence-corrected chi connectivity index (χ4v) is 1.67. The SMILES string of the molecule is CCCCCCC1CCCO1. The van der Waals surface area contributed by atoms with Gasteiger partial charge in [-0.25, -0.2) is 0 Å². The summed E-state index contributed by atoms with van der Waals surface area (Å²) in [5.41, 5.74) is 0. The standard InChI is InChI=1S/C10H20O/c1-2-3-4-5-7-10-8-6-9-11-10/h10H,2-9H2,1H3. The monoisotopic (exact) mass is 156 g/mol. The van der Waals surface area contributed by atoms with Crippen LogP contribution in [0, 0.1) is 0 Å². The van der Waals surface area contributed by atoms with E-state index in [1.807, 2.05) is 0 Å². The third-order valence-corrected chi connectivity index (χ3v) is 2.40. The summed E-state index contributed by atoms with van der Waals surface area (Å²) in [4.78, 5) is 0. The van der Waals surface area contributed by atoms with Crippen LogP contribution in [0.4, 0.5) is 0 Å². The lowest BCUT2D eigenvalue weighted by Gasteiger charge is -2.07. The zero-order chi connectivity index (χ0) is 7.94. The number of rotatable bonds is 5. The fraction of sp³-hybridized carbons (Fsp3) is 1.00. The third-order valence-electron chi connectivity index (χ3n) is 2.40. The summed E-state index contributed by atoms with van der Waals surface area (Å²) in [5.74, 6) is 0. The second-order valence-corrected chi connectivity index (χ2v) is 3.48. The van der Waals surface area contributed by atoms with Crippen molar-refractivity contribution in [3.63, 3.8) is 0 Å². The molecule has 0 radical (unpaired) electrons. The van der Waals surface area contributed by atoms with Crippen molar-refractivity contribution in [1.82, 2.24) is 0 Å². The van der Waals surface area contributed by atoms with Crippen molar-refractivity contribution in [2.24, 2.45) is 0 Å². The van der Waals surface area contributed by atoms with Crippen molar-refractivity contribution in [1.29, 1.82) is 0 Å². The highest BCUT2D eigenvalue weighted by Gasteiger charge is 2.13. The molecule has 0 amide bonds. The molecule has 66 valence electrons. The third kappa shape index (κ3) is 3.76. The van der Waals surface area contributed by atoms with Crippen LogP contribution < -0.4 is 0 Å². The fourth-order valence-electron chi connectivity index (χ4n) is 1.67. The Hall–Kier alpha value is -0.0400. The maximum atomic E-state index is 5.53. The summed E-state index contributed by atoms with van der Waals surface area (Å²) in [7, 11) is 0. The first-order valence-corrected chi connectivity index (χ1v) is 5.05. The predicted molar refractivity (Wildman–Crippen MR) is 47.7 cm³/mol.